The number of hydrogen-bond donors (Lipinski definition) is 2. The van der Waals surface area contributed by atoms with Crippen LogP contribution >= 0.6 is 11.6 Å². The Hall–Kier alpha value is -1.50. The Balaban J connectivity index is 2.58. The lowest BCUT2D eigenvalue weighted by Crippen LogP contribution is -2.32. The van der Waals surface area contributed by atoms with Crippen molar-refractivity contribution in [2.75, 3.05) is 0 Å². The maximum atomic E-state index is 14.0. The number of aromatic nitrogens is 2. The van der Waals surface area contributed by atoms with E-state index >= 15 is 0 Å². The van der Waals surface area contributed by atoms with Crippen LogP contribution in [0.5, 0.6) is 0 Å². The lowest BCUT2D eigenvalue weighted by atomic mass is 10.0. The van der Waals surface area contributed by atoms with E-state index in [2.05, 4.69) is 10.5 Å². The molecule has 0 aliphatic carbocycles. The summed E-state index contributed by atoms with van der Waals surface area (Å²) in [5, 5.41) is 4.47. The van der Waals surface area contributed by atoms with Crippen molar-refractivity contribution in [3.05, 3.63) is 52.3 Å². The van der Waals surface area contributed by atoms with Crippen LogP contribution < -0.4 is 11.3 Å². The summed E-state index contributed by atoms with van der Waals surface area (Å²) in [6, 6.07) is 3.14. The number of nitrogens with zero attached hydrogens (tertiary/aromatic N) is 2. The van der Waals surface area contributed by atoms with E-state index in [0.717, 1.165) is 6.07 Å². The fourth-order valence-electron chi connectivity index (χ4n) is 2.09. The van der Waals surface area contributed by atoms with E-state index in [1.165, 1.54) is 18.3 Å². The second-order valence-electron chi connectivity index (χ2n) is 4.66. The zero-order chi connectivity index (χ0) is 14.9. The zero-order valence-electron chi connectivity index (χ0n) is 11.1. The molecule has 108 valence electrons. The van der Waals surface area contributed by atoms with Crippen LogP contribution in [0, 0.1) is 11.6 Å². The molecule has 0 saturated carbocycles. The molecule has 0 amide bonds. The highest BCUT2D eigenvalue weighted by Crippen LogP contribution is 2.31. The van der Waals surface area contributed by atoms with Gasteiger partial charge in [-0.1, -0.05) is 23.7 Å². The zero-order valence-corrected chi connectivity index (χ0v) is 11.8. The number of benzene rings is 1. The van der Waals surface area contributed by atoms with Crippen LogP contribution in [-0.2, 0) is 0 Å². The molecule has 0 aliphatic heterocycles. The summed E-state index contributed by atoms with van der Waals surface area (Å²) in [4.78, 5) is 0. The number of hydrogen-bond acceptors (Lipinski definition) is 3. The fourth-order valence-corrected chi connectivity index (χ4v) is 2.33. The van der Waals surface area contributed by atoms with Gasteiger partial charge in [-0.25, -0.2) is 14.2 Å². The topological polar surface area (TPSA) is 55.9 Å². The monoisotopic (exact) mass is 300 g/mol. The van der Waals surface area contributed by atoms with Gasteiger partial charge in [-0.05, 0) is 19.9 Å². The van der Waals surface area contributed by atoms with Crippen molar-refractivity contribution < 1.29 is 8.78 Å². The molecule has 0 saturated heterocycles. The average molecular weight is 301 g/mol. The lowest BCUT2D eigenvalue weighted by molar-refractivity contribution is 0.452. The summed E-state index contributed by atoms with van der Waals surface area (Å²) < 4.78 is 29.0. The number of rotatable bonds is 4. The normalized spacial score (nSPS) is 12.9. The maximum absolute atomic E-state index is 14.0. The van der Waals surface area contributed by atoms with Crippen molar-refractivity contribution in [2.45, 2.75) is 25.9 Å². The minimum Gasteiger partial charge on any atom is -0.271 e. The highest BCUT2D eigenvalue weighted by Gasteiger charge is 2.25. The van der Waals surface area contributed by atoms with Gasteiger partial charge in [0.1, 0.15) is 0 Å². The molecule has 0 spiro atoms. The van der Waals surface area contributed by atoms with Crippen LogP contribution in [0.4, 0.5) is 8.78 Å². The summed E-state index contributed by atoms with van der Waals surface area (Å²) in [6.07, 6.45) is 1.46. The van der Waals surface area contributed by atoms with E-state index in [-0.39, 0.29) is 11.6 Å². The minimum atomic E-state index is -0.956. The van der Waals surface area contributed by atoms with E-state index in [9.17, 15) is 8.78 Å². The van der Waals surface area contributed by atoms with E-state index < -0.39 is 17.7 Å². The quantitative estimate of drug-likeness (QED) is 0.674. The Morgan fingerprint density at radius 1 is 1.35 bits per heavy atom. The van der Waals surface area contributed by atoms with Gasteiger partial charge >= 0.3 is 0 Å². The first-order valence-electron chi connectivity index (χ1n) is 6.10. The van der Waals surface area contributed by atoms with Gasteiger partial charge < -0.3 is 0 Å². The van der Waals surface area contributed by atoms with Crippen LogP contribution in [0.1, 0.15) is 37.2 Å². The van der Waals surface area contributed by atoms with Crippen molar-refractivity contribution in [1.82, 2.24) is 15.2 Å². The fraction of sp³-hybridized carbons (Fsp3) is 0.308. The molecule has 1 aromatic carbocycles. The molecule has 0 aliphatic rings. The van der Waals surface area contributed by atoms with Gasteiger partial charge in [0.05, 0.1) is 23.0 Å². The number of hydrazine groups is 1. The van der Waals surface area contributed by atoms with Gasteiger partial charge in [0.15, 0.2) is 11.6 Å². The Morgan fingerprint density at radius 3 is 2.65 bits per heavy atom. The van der Waals surface area contributed by atoms with Crippen LogP contribution in [-0.4, -0.2) is 9.78 Å². The Bertz CT molecular complexity index is 612. The molecular weight excluding hydrogens is 286 g/mol. The van der Waals surface area contributed by atoms with E-state index in [1.54, 1.807) is 4.68 Å². The second kappa shape index (κ2) is 5.87. The van der Waals surface area contributed by atoms with Crippen LogP contribution in [0.3, 0.4) is 0 Å². The van der Waals surface area contributed by atoms with Crippen molar-refractivity contribution in [3.8, 4) is 0 Å². The third-order valence-electron chi connectivity index (χ3n) is 3.01. The molecule has 0 fully saturated rings. The van der Waals surface area contributed by atoms with E-state index in [1.807, 2.05) is 13.8 Å². The third-order valence-corrected chi connectivity index (χ3v) is 3.30. The minimum absolute atomic E-state index is 0.00460. The molecule has 1 heterocycles. The lowest BCUT2D eigenvalue weighted by Gasteiger charge is -2.21. The summed E-state index contributed by atoms with van der Waals surface area (Å²) in [5.74, 6) is 3.62. The van der Waals surface area contributed by atoms with Gasteiger partial charge in [-0.2, -0.15) is 5.10 Å². The number of halogens is 3. The first-order chi connectivity index (χ1) is 9.47. The van der Waals surface area contributed by atoms with E-state index in [4.69, 9.17) is 17.4 Å². The largest absolute Gasteiger partial charge is 0.271 e. The summed E-state index contributed by atoms with van der Waals surface area (Å²) >= 11 is 6.11. The molecular formula is C13H15ClF2N4. The number of nitrogens with two attached hydrogens (primary N) is 1. The predicted octanol–water partition coefficient (Wildman–Crippen LogP) is 2.95. The van der Waals surface area contributed by atoms with Crippen LogP contribution in [0.2, 0.25) is 5.02 Å². The SMILES string of the molecule is CC(C)n1ncc(Cl)c1C(NN)c1cccc(F)c1F. The van der Waals surface area contributed by atoms with Gasteiger partial charge in [-0.3, -0.25) is 10.5 Å². The van der Waals surface area contributed by atoms with Crippen LogP contribution in [0.15, 0.2) is 24.4 Å². The van der Waals surface area contributed by atoms with Crippen molar-refractivity contribution in [3.63, 3.8) is 0 Å². The standard InChI is InChI=1S/C13H15ClF2N4/c1-7(2)20-13(9(14)6-18-20)12(19-17)8-4-3-5-10(15)11(8)16/h3-7,12,19H,17H2,1-2H3. The highest BCUT2D eigenvalue weighted by molar-refractivity contribution is 6.31. The molecule has 1 atom stereocenters. The molecule has 0 radical (unpaired) electrons. The molecule has 1 unspecified atom stereocenters. The average Bonchev–Trinajstić information content (AvgIpc) is 2.78. The van der Waals surface area contributed by atoms with Crippen molar-refractivity contribution in [1.29, 1.82) is 0 Å². The van der Waals surface area contributed by atoms with E-state index in [0.29, 0.717) is 10.7 Å². The molecule has 0 bridgehead atoms. The smallest absolute Gasteiger partial charge is 0.164 e. The first-order valence-corrected chi connectivity index (χ1v) is 6.48. The van der Waals surface area contributed by atoms with Gasteiger partial charge in [-0.15, -0.1) is 0 Å². The summed E-state index contributed by atoms with van der Waals surface area (Å²) in [5.41, 5.74) is 3.05. The van der Waals surface area contributed by atoms with Crippen LogP contribution in [0.25, 0.3) is 0 Å². The number of nitrogens with one attached hydrogen (secondary N) is 1. The molecule has 3 N–H and O–H groups in total. The summed E-state index contributed by atoms with van der Waals surface area (Å²) in [6.45, 7) is 3.81. The Labute approximate surface area is 120 Å². The summed E-state index contributed by atoms with van der Waals surface area (Å²) in [7, 11) is 0. The van der Waals surface area contributed by atoms with Crippen molar-refractivity contribution in [2.24, 2.45) is 5.84 Å². The maximum Gasteiger partial charge on any atom is 0.164 e. The predicted molar refractivity (Wildman–Crippen MR) is 73.1 cm³/mol. The highest BCUT2D eigenvalue weighted by atomic mass is 35.5. The molecule has 2 rings (SSSR count). The third kappa shape index (κ3) is 2.54. The van der Waals surface area contributed by atoms with Crippen molar-refractivity contribution >= 4 is 11.6 Å². The van der Waals surface area contributed by atoms with Gasteiger partial charge in [0, 0.05) is 11.6 Å². The Morgan fingerprint density at radius 2 is 2.05 bits per heavy atom. The van der Waals surface area contributed by atoms with Gasteiger partial charge in [0.25, 0.3) is 0 Å². The first kappa shape index (κ1) is 14.9. The molecule has 4 nitrogen and oxygen atoms in total. The molecule has 20 heavy (non-hydrogen) atoms. The Kier molecular flexibility index (Phi) is 4.37. The second-order valence-corrected chi connectivity index (χ2v) is 5.07. The molecule has 2 aromatic rings. The molecule has 1 aromatic heterocycles. The molecule has 7 heteroatoms. The van der Waals surface area contributed by atoms with Gasteiger partial charge in [0.2, 0.25) is 0 Å².